The molecule has 0 spiro atoms. The van der Waals surface area contributed by atoms with Crippen molar-refractivity contribution >= 4 is 17.7 Å². The first kappa shape index (κ1) is 14.5. The Morgan fingerprint density at radius 3 is 2.81 bits per heavy atom. The molecule has 0 atom stereocenters. The monoisotopic (exact) mass is 293 g/mol. The van der Waals surface area contributed by atoms with Crippen molar-refractivity contribution in [2.75, 3.05) is 5.32 Å². The number of carbonyl (C=O) groups is 2. The Kier molecular flexibility index (Phi) is 4.17. The minimum absolute atomic E-state index is 0.0760. The Morgan fingerprint density at radius 2 is 2.19 bits per heavy atom. The Bertz CT molecular complexity index is 684. The molecule has 110 valence electrons. The minimum atomic E-state index is -1.41. The van der Waals surface area contributed by atoms with E-state index in [1.54, 1.807) is 6.92 Å². The van der Waals surface area contributed by atoms with Crippen LogP contribution in [0.3, 0.4) is 0 Å². The number of anilines is 1. The molecule has 3 N–H and O–H groups in total. The van der Waals surface area contributed by atoms with E-state index in [1.165, 1.54) is 12.3 Å². The average Bonchev–Trinajstić information content (AvgIpc) is 2.84. The van der Waals surface area contributed by atoms with E-state index in [9.17, 15) is 14.0 Å². The quantitative estimate of drug-likeness (QED) is 0.801. The van der Waals surface area contributed by atoms with Gasteiger partial charge in [0.2, 0.25) is 5.89 Å². The van der Waals surface area contributed by atoms with Crippen LogP contribution in [0.5, 0.6) is 0 Å². The number of carboxylic acids is 1. The van der Waals surface area contributed by atoms with Crippen molar-refractivity contribution in [2.24, 2.45) is 0 Å². The number of halogens is 1. The van der Waals surface area contributed by atoms with E-state index in [-0.39, 0.29) is 12.2 Å². The van der Waals surface area contributed by atoms with Crippen molar-refractivity contribution in [3.8, 4) is 0 Å². The fourth-order valence-corrected chi connectivity index (χ4v) is 1.58. The first-order valence-corrected chi connectivity index (χ1v) is 5.94. The normalized spacial score (nSPS) is 10.2. The standard InChI is InChI=1S/C13H12FN3O4/c1-7-5-15-11(21-7)6-16-13(20)17-8-2-3-10(14)9(4-8)12(18)19/h2-5H,6H2,1H3,(H,18,19)(H2,16,17,20). The summed E-state index contributed by atoms with van der Waals surface area (Å²) < 4.78 is 18.4. The summed E-state index contributed by atoms with van der Waals surface area (Å²) in [5.41, 5.74) is -0.356. The van der Waals surface area contributed by atoms with Crippen LogP contribution < -0.4 is 10.6 Å². The van der Waals surface area contributed by atoms with Gasteiger partial charge in [-0.25, -0.2) is 19.0 Å². The van der Waals surface area contributed by atoms with Gasteiger partial charge in [-0.15, -0.1) is 0 Å². The molecular formula is C13H12FN3O4. The molecule has 0 aliphatic rings. The van der Waals surface area contributed by atoms with Crippen LogP contribution in [-0.4, -0.2) is 22.1 Å². The van der Waals surface area contributed by atoms with Crippen LogP contribution in [0.15, 0.2) is 28.8 Å². The van der Waals surface area contributed by atoms with Crippen molar-refractivity contribution < 1.29 is 23.5 Å². The van der Waals surface area contributed by atoms with Gasteiger partial charge in [-0.1, -0.05) is 0 Å². The predicted octanol–water partition coefficient (Wildman–Crippen LogP) is 2.14. The number of carboxylic acid groups (broad SMARTS) is 1. The number of oxazole rings is 1. The summed E-state index contributed by atoms with van der Waals surface area (Å²) in [7, 11) is 0. The first-order chi connectivity index (χ1) is 9.95. The van der Waals surface area contributed by atoms with E-state index in [0.717, 1.165) is 12.1 Å². The highest BCUT2D eigenvalue weighted by Gasteiger charge is 2.12. The van der Waals surface area contributed by atoms with Crippen LogP contribution in [0.2, 0.25) is 0 Å². The molecule has 0 radical (unpaired) electrons. The number of hydrogen-bond acceptors (Lipinski definition) is 4. The zero-order chi connectivity index (χ0) is 15.4. The van der Waals surface area contributed by atoms with Gasteiger partial charge in [0, 0.05) is 5.69 Å². The lowest BCUT2D eigenvalue weighted by molar-refractivity contribution is 0.0692. The molecule has 21 heavy (non-hydrogen) atoms. The van der Waals surface area contributed by atoms with Gasteiger partial charge in [0.15, 0.2) is 0 Å². The van der Waals surface area contributed by atoms with Gasteiger partial charge in [-0.3, -0.25) is 0 Å². The third-order valence-corrected chi connectivity index (χ3v) is 2.52. The van der Waals surface area contributed by atoms with Gasteiger partial charge < -0.3 is 20.2 Å². The molecule has 0 aliphatic carbocycles. The average molecular weight is 293 g/mol. The van der Waals surface area contributed by atoms with Gasteiger partial charge >= 0.3 is 12.0 Å². The van der Waals surface area contributed by atoms with E-state index in [1.807, 2.05) is 0 Å². The summed E-state index contributed by atoms with van der Waals surface area (Å²) in [5, 5.41) is 13.7. The van der Waals surface area contributed by atoms with Gasteiger partial charge in [0.05, 0.1) is 18.3 Å². The molecule has 0 fully saturated rings. The van der Waals surface area contributed by atoms with Crippen LogP contribution in [0, 0.1) is 12.7 Å². The second kappa shape index (κ2) is 6.04. The molecule has 2 amide bonds. The molecule has 1 aromatic carbocycles. The zero-order valence-corrected chi connectivity index (χ0v) is 11.0. The highest BCUT2D eigenvalue weighted by molar-refractivity contribution is 5.93. The molecule has 0 saturated heterocycles. The van der Waals surface area contributed by atoms with Gasteiger partial charge in [0.1, 0.15) is 11.6 Å². The Hall–Kier alpha value is -2.90. The topological polar surface area (TPSA) is 104 Å². The van der Waals surface area contributed by atoms with E-state index < -0.39 is 23.4 Å². The number of aryl methyl sites for hydroxylation is 1. The third kappa shape index (κ3) is 3.78. The van der Waals surface area contributed by atoms with Crippen molar-refractivity contribution in [1.29, 1.82) is 0 Å². The van der Waals surface area contributed by atoms with E-state index >= 15 is 0 Å². The maximum absolute atomic E-state index is 13.2. The fraction of sp³-hybridized carbons (Fsp3) is 0.154. The van der Waals surface area contributed by atoms with E-state index in [2.05, 4.69) is 15.6 Å². The summed E-state index contributed by atoms with van der Waals surface area (Å²) >= 11 is 0. The molecule has 0 saturated carbocycles. The number of nitrogens with one attached hydrogen (secondary N) is 2. The molecule has 2 rings (SSSR count). The fourth-order valence-electron chi connectivity index (χ4n) is 1.58. The third-order valence-electron chi connectivity index (χ3n) is 2.52. The number of benzene rings is 1. The first-order valence-electron chi connectivity index (χ1n) is 5.94. The lowest BCUT2D eigenvalue weighted by Crippen LogP contribution is -2.28. The summed E-state index contributed by atoms with van der Waals surface area (Å²) in [4.78, 5) is 26.3. The number of nitrogens with zero attached hydrogens (tertiary/aromatic N) is 1. The SMILES string of the molecule is Cc1cnc(CNC(=O)Nc2ccc(F)c(C(=O)O)c2)o1. The number of aromatic nitrogens is 1. The highest BCUT2D eigenvalue weighted by atomic mass is 19.1. The minimum Gasteiger partial charge on any atom is -0.478 e. The maximum atomic E-state index is 13.2. The number of amides is 2. The lowest BCUT2D eigenvalue weighted by atomic mass is 10.2. The van der Waals surface area contributed by atoms with Gasteiger partial charge in [0.25, 0.3) is 0 Å². The predicted molar refractivity (Wildman–Crippen MR) is 70.5 cm³/mol. The summed E-state index contributed by atoms with van der Waals surface area (Å²) in [5.74, 6) is -1.32. The molecule has 0 bridgehead atoms. The number of urea groups is 1. The molecule has 0 unspecified atom stereocenters. The number of hydrogen-bond donors (Lipinski definition) is 3. The Morgan fingerprint density at radius 1 is 1.43 bits per heavy atom. The van der Waals surface area contributed by atoms with Crippen molar-refractivity contribution in [2.45, 2.75) is 13.5 Å². The van der Waals surface area contributed by atoms with E-state index in [0.29, 0.717) is 11.7 Å². The molecule has 7 nitrogen and oxygen atoms in total. The lowest BCUT2D eigenvalue weighted by Gasteiger charge is -2.07. The maximum Gasteiger partial charge on any atom is 0.338 e. The van der Waals surface area contributed by atoms with Crippen molar-refractivity contribution in [3.05, 3.63) is 47.4 Å². The van der Waals surface area contributed by atoms with Crippen molar-refractivity contribution in [3.63, 3.8) is 0 Å². The second-order valence-electron chi connectivity index (χ2n) is 4.17. The smallest absolute Gasteiger partial charge is 0.338 e. The van der Waals surface area contributed by atoms with Gasteiger partial charge in [-0.05, 0) is 25.1 Å². The Balaban J connectivity index is 1.96. The molecule has 0 aliphatic heterocycles. The van der Waals surface area contributed by atoms with Gasteiger partial charge in [-0.2, -0.15) is 0 Å². The van der Waals surface area contributed by atoms with Crippen LogP contribution >= 0.6 is 0 Å². The van der Waals surface area contributed by atoms with Crippen LogP contribution in [0.25, 0.3) is 0 Å². The van der Waals surface area contributed by atoms with Crippen LogP contribution in [-0.2, 0) is 6.54 Å². The number of rotatable bonds is 4. The summed E-state index contributed by atoms with van der Waals surface area (Å²) in [6.07, 6.45) is 1.52. The van der Waals surface area contributed by atoms with Crippen LogP contribution in [0.4, 0.5) is 14.9 Å². The number of aromatic carboxylic acids is 1. The Labute approximate surface area is 118 Å². The molecule has 8 heteroatoms. The van der Waals surface area contributed by atoms with E-state index in [4.69, 9.17) is 9.52 Å². The van der Waals surface area contributed by atoms with Crippen LogP contribution in [0.1, 0.15) is 22.0 Å². The summed E-state index contributed by atoms with van der Waals surface area (Å²) in [6.45, 7) is 1.80. The number of carbonyl (C=O) groups excluding carboxylic acids is 1. The largest absolute Gasteiger partial charge is 0.478 e. The molecule has 1 heterocycles. The zero-order valence-electron chi connectivity index (χ0n) is 11.0. The second-order valence-corrected chi connectivity index (χ2v) is 4.17. The molecular weight excluding hydrogens is 281 g/mol. The van der Waals surface area contributed by atoms with Crippen molar-refractivity contribution in [1.82, 2.24) is 10.3 Å². The molecule has 1 aromatic heterocycles. The molecule has 2 aromatic rings. The highest BCUT2D eigenvalue weighted by Crippen LogP contribution is 2.14. The summed E-state index contributed by atoms with van der Waals surface area (Å²) in [6, 6.07) is 2.67.